The van der Waals surface area contributed by atoms with E-state index in [0.717, 1.165) is 0 Å². The van der Waals surface area contributed by atoms with Crippen molar-refractivity contribution < 1.29 is 4.52 Å². The number of hydrogen-bond acceptors (Lipinski definition) is 5. The first-order chi connectivity index (χ1) is 8.84. The molecule has 0 spiro atoms. The van der Waals surface area contributed by atoms with Crippen LogP contribution >= 0.6 is 11.6 Å². The van der Waals surface area contributed by atoms with Crippen molar-refractivity contribution in [3.8, 4) is 23.0 Å². The molecule has 0 N–H and O–H groups in total. The maximum atomic E-state index is 6.06. The Balaban J connectivity index is 2.03. The molecule has 0 saturated carbocycles. The number of nitrogens with zero attached hydrogens (tertiary/aromatic N) is 4. The number of halogens is 1. The zero-order valence-corrected chi connectivity index (χ0v) is 9.87. The molecule has 1 aromatic carbocycles. The van der Waals surface area contributed by atoms with Crippen LogP contribution in [0.4, 0.5) is 0 Å². The van der Waals surface area contributed by atoms with Crippen LogP contribution in [-0.2, 0) is 0 Å². The van der Waals surface area contributed by atoms with Crippen LogP contribution in [0, 0.1) is 0 Å². The summed E-state index contributed by atoms with van der Waals surface area (Å²) >= 11 is 6.06. The van der Waals surface area contributed by atoms with Gasteiger partial charge in [-0.2, -0.15) is 4.98 Å². The summed E-state index contributed by atoms with van der Waals surface area (Å²) in [6, 6.07) is 7.28. The molecule has 0 saturated heterocycles. The monoisotopic (exact) mass is 258 g/mol. The second kappa shape index (κ2) is 4.54. The molecule has 0 amide bonds. The summed E-state index contributed by atoms with van der Waals surface area (Å²) in [5.41, 5.74) is 1.25. The molecule has 18 heavy (non-hydrogen) atoms. The Morgan fingerprint density at radius 2 is 2.00 bits per heavy atom. The molecule has 0 atom stereocenters. The van der Waals surface area contributed by atoms with Crippen LogP contribution < -0.4 is 0 Å². The number of benzene rings is 1. The fourth-order valence-electron chi connectivity index (χ4n) is 1.49. The van der Waals surface area contributed by atoms with E-state index in [-0.39, 0.29) is 0 Å². The normalized spacial score (nSPS) is 10.5. The van der Waals surface area contributed by atoms with Gasteiger partial charge in [0, 0.05) is 12.4 Å². The lowest BCUT2D eigenvalue weighted by molar-refractivity contribution is 0.432. The zero-order valence-electron chi connectivity index (χ0n) is 9.12. The average Bonchev–Trinajstić information content (AvgIpc) is 2.90. The number of aromatic nitrogens is 4. The smallest absolute Gasteiger partial charge is 0.259 e. The Morgan fingerprint density at radius 1 is 1.11 bits per heavy atom. The summed E-state index contributed by atoms with van der Waals surface area (Å²) in [5.74, 6) is 0.749. The molecule has 2 heterocycles. The van der Waals surface area contributed by atoms with E-state index < -0.39 is 0 Å². The molecular weight excluding hydrogens is 252 g/mol. The summed E-state index contributed by atoms with van der Waals surface area (Å²) in [7, 11) is 0. The van der Waals surface area contributed by atoms with Crippen molar-refractivity contribution in [1.29, 1.82) is 0 Å². The minimum atomic E-state index is 0.362. The predicted molar refractivity (Wildman–Crippen MR) is 65.8 cm³/mol. The van der Waals surface area contributed by atoms with Crippen LogP contribution in [-0.4, -0.2) is 20.1 Å². The van der Waals surface area contributed by atoms with Gasteiger partial charge in [-0.25, -0.2) is 4.98 Å². The van der Waals surface area contributed by atoms with Gasteiger partial charge in [0.15, 0.2) is 0 Å². The first kappa shape index (κ1) is 10.9. The standard InChI is InChI=1S/C12H7ClN4O/c13-9-4-2-1-3-8(9)12-16-11(17-18-12)10-7-14-5-6-15-10/h1-7H. The minimum absolute atomic E-state index is 0.362. The molecule has 3 rings (SSSR count). The molecule has 0 unspecified atom stereocenters. The number of rotatable bonds is 2. The fourth-order valence-corrected chi connectivity index (χ4v) is 1.70. The van der Waals surface area contributed by atoms with Gasteiger partial charge in [0.05, 0.1) is 16.8 Å². The Kier molecular flexibility index (Phi) is 2.74. The first-order valence-corrected chi connectivity index (χ1v) is 5.57. The van der Waals surface area contributed by atoms with Gasteiger partial charge in [-0.1, -0.05) is 28.9 Å². The van der Waals surface area contributed by atoms with E-state index in [1.807, 2.05) is 18.2 Å². The lowest BCUT2D eigenvalue weighted by Gasteiger charge is -1.95. The summed E-state index contributed by atoms with van der Waals surface area (Å²) < 4.78 is 5.17. The first-order valence-electron chi connectivity index (χ1n) is 5.19. The highest BCUT2D eigenvalue weighted by Crippen LogP contribution is 2.27. The van der Waals surface area contributed by atoms with Crippen molar-refractivity contribution >= 4 is 11.6 Å². The van der Waals surface area contributed by atoms with Gasteiger partial charge < -0.3 is 4.52 Å². The van der Waals surface area contributed by atoms with Gasteiger partial charge in [-0.3, -0.25) is 4.98 Å². The van der Waals surface area contributed by atoms with Crippen LogP contribution in [0.15, 0.2) is 47.4 Å². The van der Waals surface area contributed by atoms with Crippen LogP contribution in [0.1, 0.15) is 0 Å². The van der Waals surface area contributed by atoms with Crippen LogP contribution in [0.2, 0.25) is 5.02 Å². The van der Waals surface area contributed by atoms with Crippen LogP contribution in [0.3, 0.4) is 0 Å². The largest absolute Gasteiger partial charge is 0.334 e. The highest BCUT2D eigenvalue weighted by molar-refractivity contribution is 6.33. The van der Waals surface area contributed by atoms with Crippen molar-refractivity contribution in [2.75, 3.05) is 0 Å². The highest BCUT2D eigenvalue weighted by atomic mass is 35.5. The van der Waals surface area contributed by atoms with Gasteiger partial charge in [-0.05, 0) is 12.1 Å². The van der Waals surface area contributed by atoms with E-state index in [4.69, 9.17) is 16.1 Å². The highest BCUT2D eigenvalue weighted by Gasteiger charge is 2.13. The molecule has 0 aliphatic carbocycles. The second-order valence-electron chi connectivity index (χ2n) is 3.49. The Hall–Kier alpha value is -2.27. The Labute approximate surface area is 107 Å². The van der Waals surface area contributed by atoms with E-state index in [1.54, 1.807) is 24.7 Å². The van der Waals surface area contributed by atoms with Crippen molar-refractivity contribution in [2.45, 2.75) is 0 Å². The van der Waals surface area contributed by atoms with Gasteiger partial charge in [0.25, 0.3) is 5.89 Å². The molecule has 3 aromatic rings. The van der Waals surface area contributed by atoms with E-state index in [2.05, 4.69) is 20.1 Å². The van der Waals surface area contributed by atoms with Gasteiger partial charge in [-0.15, -0.1) is 0 Å². The third-order valence-corrected chi connectivity index (χ3v) is 2.65. The van der Waals surface area contributed by atoms with Crippen molar-refractivity contribution in [1.82, 2.24) is 20.1 Å². The summed E-state index contributed by atoms with van der Waals surface area (Å²) in [5, 5.41) is 4.42. The van der Waals surface area contributed by atoms with E-state index >= 15 is 0 Å². The molecule has 5 nitrogen and oxygen atoms in total. The van der Waals surface area contributed by atoms with Crippen molar-refractivity contribution in [2.24, 2.45) is 0 Å². The molecule has 0 aliphatic rings. The maximum Gasteiger partial charge on any atom is 0.259 e. The molecule has 0 radical (unpaired) electrons. The van der Waals surface area contributed by atoms with E-state index in [1.165, 1.54) is 0 Å². The fraction of sp³-hybridized carbons (Fsp3) is 0. The zero-order chi connectivity index (χ0) is 12.4. The molecule has 6 heteroatoms. The Bertz CT molecular complexity index is 669. The Morgan fingerprint density at radius 3 is 2.78 bits per heavy atom. The quantitative estimate of drug-likeness (QED) is 0.707. The summed E-state index contributed by atoms with van der Waals surface area (Å²) in [6.07, 6.45) is 4.72. The molecular formula is C12H7ClN4O. The third kappa shape index (κ3) is 1.96. The van der Waals surface area contributed by atoms with E-state index in [0.29, 0.717) is 28.0 Å². The van der Waals surface area contributed by atoms with Gasteiger partial charge in [0.2, 0.25) is 5.82 Å². The number of hydrogen-bond donors (Lipinski definition) is 0. The predicted octanol–water partition coefficient (Wildman–Crippen LogP) is 2.85. The lowest BCUT2D eigenvalue weighted by Crippen LogP contribution is -1.86. The average molecular weight is 259 g/mol. The van der Waals surface area contributed by atoms with Crippen LogP contribution in [0.25, 0.3) is 23.0 Å². The molecule has 0 bridgehead atoms. The second-order valence-corrected chi connectivity index (χ2v) is 3.90. The maximum absolute atomic E-state index is 6.06. The molecule has 0 fully saturated rings. The van der Waals surface area contributed by atoms with Gasteiger partial charge >= 0.3 is 0 Å². The lowest BCUT2D eigenvalue weighted by atomic mass is 10.2. The summed E-state index contributed by atoms with van der Waals surface area (Å²) in [6.45, 7) is 0. The minimum Gasteiger partial charge on any atom is -0.334 e. The van der Waals surface area contributed by atoms with Crippen molar-refractivity contribution in [3.63, 3.8) is 0 Å². The van der Waals surface area contributed by atoms with E-state index in [9.17, 15) is 0 Å². The van der Waals surface area contributed by atoms with Crippen LogP contribution in [0.5, 0.6) is 0 Å². The SMILES string of the molecule is Clc1ccccc1-c1nc(-c2cnccn2)no1. The third-order valence-electron chi connectivity index (χ3n) is 2.32. The van der Waals surface area contributed by atoms with Gasteiger partial charge in [0.1, 0.15) is 5.69 Å². The van der Waals surface area contributed by atoms with Crippen molar-refractivity contribution in [3.05, 3.63) is 47.9 Å². The molecule has 88 valence electrons. The summed E-state index contributed by atoms with van der Waals surface area (Å²) in [4.78, 5) is 12.3. The molecule has 0 aliphatic heterocycles. The topological polar surface area (TPSA) is 64.7 Å². The molecule has 2 aromatic heterocycles.